The molecule has 0 aliphatic heterocycles. The average molecular weight is 238 g/mol. The molecule has 0 aliphatic rings. The highest BCUT2D eigenvalue weighted by Crippen LogP contribution is 2.15. The Labute approximate surface area is 99.9 Å². The van der Waals surface area contributed by atoms with Crippen LogP contribution in [-0.2, 0) is 0 Å². The number of thioether (sulfide) groups is 1. The van der Waals surface area contributed by atoms with Gasteiger partial charge in [-0.1, -0.05) is 6.92 Å². The highest BCUT2D eigenvalue weighted by molar-refractivity contribution is 7.99. The topological polar surface area (TPSA) is 35.8 Å². The van der Waals surface area contributed by atoms with Gasteiger partial charge >= 0.3 is 0 Å². The summed E-state index contributed by atoms with van der Waals surface area (Å²) in [7, 11) is 0. The van der Waals surface area contributed by atoms with Gasteiger partial charge in [0.15, 0.2) is 0 Å². The number of anilines is 1. The Kier molecular flexibility index (Phi) is 5.13. The molecule has 0 radical (unpaired) electrons. The van der Waals surface area contributed by atoms with Gasteiger partial charge in [-0.15, -0.1) is 0 Å². The van der Waals surface area contributed by atoms with Crippen LogP contribution < -0.4 is 5.32 Å². The fraction of sp³-hybridized carbons (Fsp3) is 0.417. The third kappa shape index (κ3) is 3.74. The highest BCUT2D eigenvalue weighted by atomic mass is 32.2. The van der Waals surface area contributed by atoms with E-state index in [2.05, 4.69) is 18.5 Å². The maximum atomic E-state index is 13.2. The van der Waals surface area contributed by atoms with Crippen LogP contribution in [0.25, 0.3) is 0 Å². The molecule has 0 heterocycles. The van der Waals surface area contributed by atoms with Crippen LogP contribution in [-0.4, -0.2) is 18.1 Å². The van der Waals surface area contributed by atoms with Crippen LogP contribution in [0.2, 0.25) is 0 Å². The lowest BCUT2D eigenvalue weighted by atomic mass is 10.2. The number of rotatable bonds is 5. The SMILES string of the molecule is CSC(C)CCNc1ccc(C#N)c(F)c1. The van der Waals surface area contributed by atoms with E-state index >= 15 is 0 Å². The number of halogens is 1. The molecule has 4 heteroatoms. The van der Waals surface area contributed by atoms with Crippen LogP contribution in [0, 0.1) is 17.1 Å². The first-order valence-electron chi connectivity index (χ1n) is 5.13. The third-order valence-corrected chi connectivity index (χ3v) is 3.41. The summed E-state index contributed by atoms with van der Waals surface area (Å²) in [5.74, 6) is -0.467. The first kappa shape index (κ1) is 12.9. The van der Waals surface area contributed by atoms with Crippen molar-refractivity contribution in [2.75, 3.05) is 18.1 Å². The van der Waals surface area contributed by atoms with Crippen molar-refractivity contribution in [3.63, 3.8) is 0 Å². The molecule has 0 aromatic heterocycles. The number of hydrogen-bond acceptors (Lipinski definition) is 3. The van der Waals surface area contributed by atoms with Gasteiger partial charge in [0.05, 0.1) is 5.56 Å². The Hall–Kier alpha value is -1.21. The van der Waals surface area contributed by atoms with E-state index < -0.39 is 5.82 Å². The first-order valence-corrected chi connectivity index (χ1v) is 6.42. The Morgan fingerprint density at radius 3 is 2.88 bits per heavy atom. The summed E-state index contributed by atoms with van der Waals surface area (Å²) < 4.78 is 13.2. The van der Waals surface area contributed by atoms with Crippen molar-refractivity contribution >= 4 is 17.4 Å². The molecule has 1 aromatic carbocycles. The Morgan fingerprint density at radius 2 is 2.31 bits per heavy atom. The standard InChI is InChI=1S/C12H15FN2S/c1-9(16-2)5-6-15-11-4-3-10(8-14)12(13)7-11/h3-4,7,9,15H,5-6H2,1-2H3. The van der Waals surface area contributed by atoms with E-state index in [1.165, 1.54) is 12.1 Å². The van der Waals surface area contributed by atoms with E-state index in [-0.39, 0.29) is 5.56 Å². The molecule has 0 aliphatic carbocycles. The predicted octanol–water partition coefficient (Wildman–Crippen LogP) is 3.25. The number of nitrogens with zero attached hydrogens (tertiary/aromatic N) is 1. The predicted molar refractivity (Wildman–Crippen MR) is 67.2 cm³/mol. The number of hydrogen-bond donors (Lipinski definition) is 1. The molecule has 0 amide bonds. The molecular weight excluding hydrogens is 223 g/mol. The van der Waals surface area contributed by atoms with Crippen LogP contribution in [0.4, 0.5) is 10.1 Å². The Bertz CT molecular complexity index is 387. The molecule has 0 saturated carbocycles. The van der Waals surface area contributed by atoms with Gasteiger partial charge in [-0.25, -0.2) is 4.39 Å². The Balaban J connectivity index is 2.50. The summed E-state index contributed by atoms with van der Waals surface area (Å²) in [6.07, 6.45) is 3.11. The lowest BCUT2D eigenvalue weighted by Crippen LogP contribution is -2.07. The molecule has 0 spiro atoms. The van der Waals surface area contributed by atoms with Crippen molar-refractivity contribution in [2.24, 2.45) is 0 Å². The van der Waals surface area contributed by atoms with Crippen LogP contribution >= 0.6 is 11.8 Å². The van der Waals surface area contributed by atoms with Crippen molar-refractivity contribution < 1.29 is 4.39 Å². The van der Waals surface area contributed by atoms with Gasteiger partial charge in [0.2, 0.25) is 0 Å². The second-order valence-corrected chi connectivity index (χ2v) is 4.84. The van der Waals surface area contributed by atoms with E-state index in [4.69, 9.17) is 5.26 Å². The van der Waals surface area contributed by atoms with Crippen molar-refractivity contribution in [1.29, 1.82) is 5.26 Å². The molecule has 1 rings (SSSR count). The lowest BCUT2D eigenvalue weighted by Gasteiger charge is -2.10. The molecular formula is C12H15FN2S. The molecule has 1 aromatic rings. The maximum absolute atomic E-state index is 13.2. The van der Waals surface area contributed by atoms with Crippen LogP contribution in [0.1, 0.15) is 18.9 Å². The van der Waals surface area contributed by atoms with E-state index in [0.29, 0.717) is 5.25 Å². The van der Waals surface area contributed by atoms with Gasteiger partial charge in [0.1, 0.15) is 11.9 Å². The molecule has 16 heavy (non-hydrogen) atoms. The zero-order valence-electron chi connectivity index (χ0n) is 9.46. The van der Waals surface area contributed by atoms with Crippen molar-refractivity contribution in [3.05, 3.63) is 29.6 Å². The summed E-state index contributed by atoms with van der Waals surface area (Å²) in [5, 5.41) is 12.3. The summed E-state index contributed by atoms with van der Waals surface area (Å²) in [4.78, 5) is 0. The van der Waals surface area contributed by atoms with Crippen molar-refractivity contribution in [1.82, 2.24) is 0 Å². The van der Waals surface area contributed by atoms with Gasteiger partial charge in [-0.05, 0) is 30.9 Å². The largest absolute Gasteiger partial charge is 0.385 e. The minimum Gasteiger partial charge on any atom is -0.385 e. The van der Waals surface area contributed by atoms with Gasteiger partial charge in [0, 0.05) is 17.5 Å². The van der Waals surface area contributed by atoms with Crippen molar-refractivity contribution in [2.45, 2.75) is 18.6 Å². The van der Waals surface area contributed by atoms with E-state index in [9.17, 15) is 4.39 Å². The average Bonchev–Trinajstić information content (AvgIpc) is 2.29. The van der Waals surface area contributed by atoms with Gasteiger partial charge in [-0.3, -0.25) is 0 Å². The zero-order chi connectivity index (χ0) is 12.0. The molecule has 86 valence electrons. The van der Waals surface area contributed by atoms with E-state index in [0.717, 1.165) is 18.7 Å². The quantitative estimate of drug-likeness (QED) is 0.855. The molecule has 0 saturated heterocycles. The number of nitriles is 1. The normalized spacial score (nSPS) is 11.9. The monoisotopic (exact) mass is 238 g/mol. The summed E-state index contributed by atoms with van der Waals surface area (Å²) >= 11 is 1.81. The molecule has 2 nitrogen and oxygen atoms in total. The minimum absolute atomic E-state index is 0.0861. The smallest absolute Gasteiger partial charge is 0.143 e. The molecule has 1 unspecified atom stereocenters. The summed E-state index contributed by atoms with van der Waals surface area (Å²) in [6.45, 7) is 2.97. The minimum atomic E-state index is -0.467. The molecule has 1 N–H and O–H groups in total. The van der Waals surface area contributed by atoms with Gasteiger partial charge in [-0.2, -0.15) is 17.0 Å². The van der Waals surface area contributed by atoms with E-state index in [1.54, 1.807) is 12.1 Å². The van der Waals surface area contributed by atoms with E-state index in [1.807, 2.05) is 11.8 Å². The fourth-order valence-corrected chi connectivity index (χ4v) is 1.61. The Morgan fingerprint density at radius 1 is 1.56 bits per heavy atom. The van der Waals surface area contributed by atoms with Crippen LogP contribution in [0.3, 0.4) is 0 Å². The summed E-state index contributed by atoms with van der Waals surface area (Å²) in [5.41, 5.74) is 0.813. The molecule has 1 atom stereocenters. The third-order valence-electron chi connectivity index (χ3n) is 2.37. The maximum Gasteiger partial charge on any atom is 0.143 e. The summed E-state index contributed by atoms with van der Waals surface area (Å²) in [6, 6.07) is 6.39. The zero-order valence-corrected chi connectivity index (χ0v) is 10.3. The van der Waals surface area contributed by atoms with Crippen molar-refractivity contribution in [3.8, 4) is 6.07 Å². The lowest BCUT2D eigenvalue weighted by molar-refractivity contribution is 0.624. The van der Waals surface area contributed by atoms with Crippen LogP contribution in [0.15, 0.2) is 18.2 Å². The number of benzene rings is 1. The molecule has 0 fully saturated rings. The van der Waals surface area contributed by atoms with Gasteiger partial charge < -0.3 is 5.32 Å². The molecule has 0 bridgehead atoms. The second kappa shape index (κ2) is 6.39. The number of nitrogens with one attached hydrogen (secondary N) is 1. The second-order valence-electron chi connectivity index (χ2n) is 3.57. The first-order chi connectivity index (χ1) is 7.67. The van der Waals surface area contributed by atoms with Crippen LogP contribution in [0.5, 0.6) is 0 Å². The van der Waals surface area contributed by atoms with Gasteiger partial charge in [0.25, 0.3) is 0 Å². The fourth-order valence-electron chi connectivity index (χ4n) is 1.25. The highest BCUT2D eigenvalue weighted by Gasteiger charge is 2.03.